The molecule has 1 aromatic carbocycles. The molecule has 22 heavy (non-hydrogen) atoms. The molecule has 2 N–H and O–H groups in total. The lowest BCUT2D eigenvalue weighted by Crippen LogP contribution is -2.38. The molecule has 1 aromatic heterocycles. The maximum absolute atomic E-state index is 13.3. The van der Waals surface area contributed by atoms with Crippen molar-refractivity contribution in [1.82, 2.24) is 4.98 Å². The van der Waals surface area contributed by atoms with Crippen molar-refractivity contribution < 1.29 is 14.0 Å². The molecule has 1 aliphatic rings. The van der Waals surface area contributed by atoms with E-state index in [1.54, 1.807) is 6.20 Å². The van der Waals surface area contributed by atoms with Gasteiger partial charge in [-0.2, -0.15) is 0 Å². The molecule has 0 aliphatic carbocycles. The predicted molar refractivity (Wildman–Crippen MR) is 82.3 cm³/mol. The van der Waals surface area contributed by atoms with Gasteiger partial charge in [0.15, 0.2) is 5.13 Å². The van der Waals surface area contributed by atoms with Crippen molar-refractivity contribution in [2.45, 2.75) is 19.8 Å². The van der Waals surface area contributed by atoms with Crippen molar-refractivity contribution in [2.24, 2.45) is 5.92 Å². The van der Waals surface area contributed by atoms with Crippen LogP contribution in [0.15, 0.2) is 24.4 Å². The van der Waals surface area contributed by atoms with Gasteiger partial charge in [0, 0.05) is 16.8 Å². The van der Waals surface area contributed by atoms with Crippen molar-refractivity contribution in [2.75, 3.05) is 10.6 Å². The number of benzene rings is 1. The summed E-state index contributed by atoms with van der Waals surface area (Å²) < 4.78 is 13.3. The van der Waals surface area contributed by atoms with Gasteiger partial charge in [-0.1, -0.05) is 6.92 Å². The van der Waals surface area contributed by atoms with Crippen LogP contribution in [-0.4, -0.2) is 16.8 Å². The summed E-state index contributed by atoms with van der Waals surface area (Å²) in [7, 11) is 0. The van der Waals surface area contributed by atoms with Crippen LogP contribution < -0.4 is 10.6 Å². The lowest BCUT2D eigenvalue weighted by atomic mass is 9.92. The van der Waals surface area contributed by atoms with E-state index in [2.05, 4.69) is 15.6 Å². The zero-order valence-electron chi connectivity index (χ0n) is 11.9. The first-order valence-corrected chi connectivity index (χ1v) is 7.73. The minimum absolute atomic E-state index is 0.177. The fourth-order valence-electron chi connectivity index (χ4n) is 2.32. The summed E-state index contributed by atoms with van der Waals surface area (Å²) in [6.07, 6.45) is 2.72. The predicted octanol–water partition coefficient (Wildman–Crippen LogP) is 2.59. The molecule has 0 bridgehead atoms. The molecule has 2 heterocycles. The number of aromatic nitrogens is 1. The number of aryl methyl sites for hydroxylation is 1. The number of hydrogen-bond donors (Lipinski definition) is 2. The lowest BCUT2D eigenvalue weighted by molar-refractivity contribution is -0.129. The average Bonchev–Trinajstić information content (AvgIpc) is 2.94. The number of hydrogen-bond acceptors (Lipinski definition) is 4. The van der Waals surface area contributed by atoms with E-state index in [0.29, 0.717) is 16.4 Å². The van der Waals surface area contributed by atoms with E-state index in [9.17, 15) is 14.0 Å². The van der Waals surface area contributed by atoms with E-state index in [1.807, 2.05) is 6.92 Å². The first-order chi connectivity index (χ1) is 10.6. The van der Waals surface area contributed by atoms with Gasteiger partial charge < -0.3 is 10.6 Å². The third kappa shape index (κ3) is 2.85. The molecule has 7 heteroatoms. The lowest BCUT2D eigenvalue weighted by Gasteiger charge is -2.23. The molecule has 0 fully saturated rings. The molecule has 1 aliphatic heterocycles. The van der Waals surface area contributed by atoms with Gasteiger partial charge in [-0.05, 0) is 36.6 Å². The SMILES string of the molecule is CCc1cnc(NC(=O)C2Cc3cc(F)ccc3NC2=O)s1. The topological polar surface area (TPSA) is 71.1 Å². The monoisotopic (exact) mass is 319 g/mol. The minimum Gasteiger partial charge on any atom is -0.325 e. The van der Waals surface area contributed by atoms with Gasteiger partial charge in [-0.25, -0.2) is 9.37 Å². The van der Waals surface area contributed by atoms with E-state index in [0.717, 1.165) is 11.3 Å². The normalized spacial score (nSPS) is 16.8. The Hall–Kier alpha value is -2.28. The summed E-state index contributed by atoms with van der Waals surface area (Å²) in [4.78, 5) is 29.5. The van der Waals surface area contributed by atoms with E-state index in [4.69, 9.17) is 0 Å². The third-order valence-electron chi connectivity index (χ3n) is 3.51. The Morgan fingerprint density at radius 1 is 1.55 bits per heavy atom. The van der Waals surface area contributed by atoms with Crippen LogP contribution in [0.25, 0.3) is 0 Å². The Morgan fingerprint density at radius 2 is 2.36 bits per heavy atom. The average molecular weight is 319 g/mol. The molecule has 114 valence electrons. The van der Waals surface area contributed by atoms with Crippen molar-refractivity contribution in [3.8, 4) is 0 Å². The van der Waals surface area contributed by atoms with E-state index in [1.165, 1.54) is 29.5 Å². The highest BCUT2D eigenvalue weighted by molar-refractivity contribution is 7.15. The van der Waals surface area contributed by atoms with Crippen LogP contribution in [0, 0.1) is 11.7 Å². The minimum atomic E-state index is -0.886. The van der Waals surface area contributed by atoms with Gasteiger partial charge in [-0.3, -0.25) is 9.59 Å². The molecule has 3 rings (SSSR count). The fraction of sp³-hybridized carbons (Fsp3) is 0.267. The number of nitrogens with one attached hydrogen (secondary N) is 2. The number of carbonyl (C=O) groups excluding carboxylic acids is 2. The quantitative estimate of drug-likeness (QED) is 0.854. The van der Waals surface area contributed by atoms with E-state index < -0.39 is 11.8 Å². The molecule has 0 radical (unpaired) electrons. The second-order valence-corrected chi connectivity index (χ2v) is 6.14. The Balaban J connectivity index is 1.76. The second-order valence-electron chi connectivity index (χ2n) is 5.02. The molecular weight excluding hydrogens is 305 g/mol. The highest BCUT2D eigenvalue weighted by atomic mass is 32.1. The van der Waals surface area contributed by atoms with Crippen molar-refractivity contribution in [3.63, 3.8) is 0 Å². The van der Waals surface area contributed by atoms with E-state index >= 15 is 0 Å². The van der Waals surface area contributed by atoms with Gasteiger partial charge in [0.05, 0.1) is 0 Å². The zero-order chi connectivity index (χ0) is 15.7. The molecule has 1 atom stereocenters. The number of fused-ring (bicyclic) bond motifs is 1. The van der Waals surface area contributed by atoms with Gasteiger partial charge in [0.1, 0.15) is 11.7 Å². The number of thiazole rings is 1. The molecule has 0 spiro atoms. The molecule has 1 unspecified atom stereocenters. The standard InChI is InChI=1S/C15H14FN3O2S/c1-2-10-7-17-15(22-10)19-14(21)11-6-8-5-9(16)3-4-12(8)18-13(11)20/h3-5,7,11H,2,6H2,1H3,(H,18,20)(H,17,19,21). The van der Waals surface area contributed by atoms with Crippen molar-refractivity contribution >= 4 is 34.0 Å². The smallest absolute Gasteiger partial charge is 0.239 e. The second kappa shape index (κ2) is 5.84. The van der Waals surface area contributed by atoms with Crippen LogP contribution in [-0.2, 0) is 22.4 Å². The Bertz CT molecular complexity index is 744. The first-order valence-electron chi connectivity index (χ1n) is 6.91. The molecule has 2 aromatic rings. The summed E-state index contributed by atoms with van der Waals surface area (Å²) in [5.74, 6) is -2.09. The number of anilines is 2. The molecule has 5 nitrogen and oxygen atoms in total. The molecule has 0 saturated heterocycles. The van der Waals surface area contributed by atoms with E-state index in [-0.39, 0.29) is 18.1 Å². The molecule has 2 amide bonds. The summed E-state index contributed by atoms with van der Waals surface area (Å²) in [5.41, 5.74) is 1.17. The molecule has 0 saturated carbocycles. The maximum Gasteiger partial charge on any atom is 0.239 e. The Morgan fingerprint density at radius 3 is 3.09 bits per heavy atom. The van der Waals surface area contributed by atoms with Gasteiger partial charge >= 0.3 is 0 Å². The van der Waals surface area contributed by atoms with Crippen LogP contribution >= 0.6 is 11.3 Å². The summed E-state index contributed by atoms with van der Waals surface area (Å²) in [5, 5.41) is 5.76. The fourth-order valence-corrected chi connectivity index (χ4v) is 3.07. The van der Waals surface area contributed by atoms with Crippen LogP contribution in [0.2, 0.25) is 0 Å². The summed E-state index contributed by atoms with van der Waals surface area (Å²) in [6.45, 7) is 2.00. The zero-order valence-corrected chi connectivity index (χ0v) is 12.7. The Kier molecular flexibility index (Phi) is 3.89. The summed E-state index contributed by atoms with van der Waals surface area (Å²) >= 11 is 1.38. The third-order valence-corrected chi connectivity index (χ3v) is 4.57. The first kappa shape index (κ1) is 14.6. The number of nitrogens with zero attached hydrogens (tertiary/aromatic N) is 1. The number of carbonyl (C=O) groups is 2. The van der Waals surface area contributed by atoms with Crippen molar-refractivity contribution in [3.05, 3.63) is 40.7 Å². The highest BCUT2D eigenvalue weighted by Gasteiger charge is 2.32. The van der Waals surface area contributed by atoms with Gasteiger partial charge in [0.25, 0.3) is 0 Å². The number of rotatable bonds is 3. The Labute approximate surface area is 130 Å². The van der Waals surface area contributed by atoms with Gasteiger partial charge in [0.2, 0.25) is 11.8 Å². The number of halogens is 1. The van der Waals surface area contributed by atoms with Crippen LogP contribution in [0.1, 0.15) is 17.4 Å². The number of amides is 2. The summed E-state index contributed by atoms with van der Waals surface area (Å²) in [6, 6.07) is 4.13. The van der Waals surface area contributed by atoms with Crippen molar-refractivity contribution in [1.29, 1.82) is 0 Å². The highest BCUT2D eigenvalue weighted by Crippen LogP contribution is 2.27. The molecular formula is C15H14FN3O2S. The van der Waals surface area contributed by atoms with Crippen LogP contribution in [0.4, 0.5) is 15.2 Å². The van der Waals surface area contributed by atoms with Crippen LogP contribution in [0.3, 0.4) is 0 Å². The van der Waals surface area contributed by atoms with Crippen LogP contribution in [0.5, 0.6) is 0 Å². The largest absolute Gasteiger partial charge is 0.325 e. The maximum atomic E-state index is 13.3. The van der Waals surface area contributed by atoms with Gasteiger partial charge in [-0.15, -0.1) is 11.3 Å².